The highest BCUT2D eigenvalue weighted by molar-refractivity contribution is 7.15. The van der Waals surface area contributed by atoms with Gasteiger partial charge >= 0.3 is 0 Å². The number of hydrogen-bond donors (Lipinski definition) is 1. The molecule has 0 radical (unpaired) electrons. The molecule has 8 heteroatoms. The van der Waals surface area contributed by atoms with Gasteiger partial charge in [0.15, 0.2) is 0 Å². The number of thiazole rings is 1. The molecule has 200 valence electrons. The van der Waals surface area contributed by atoms with Crippen LogP contribution in [0.1, 0.15) is 76.3 Å². The van der Waals surface area contributed by atoms with Gasteiger partial charge in [0.05, 0.1) is 18.0 Å². The van der Waals surface area contributed by atoms with Crippen molar-refractivity contribution in [2.75, 3.05) is 13.1 Å². The molecular formula is C30H37N5O2S. The Kier molecular flexibility index (Phi) is 6.80. The van der Waals surface area contributed by atoms with Gasteiger partial charge in [-0.2, -0.15) is 0 Å². The Bertz CT molecular complexity index is 1430. The number of piperidine rings is 1. The smallest absolute Gasteiger partial charge is 0.242 e. The monoisotopic (exact) mass is 531 g/mol. The summed E-state index contributed by atoms with van der Waals surface area (Å²) in [6.07, 6.45) is 9.03. The average Bonchev–Trinajstić information content (AvgIpc) is 3.51. The molecule has 1 amide bonds. The number of hydrogen-bond acceptors (Lipinski definition) is 6. The molecule has 0 spiro atoms. The second kappa shape index (κ2) is 9.80. The Morgan fingerprint density at radius 3 is 2.32 bits per heavy atom. The maximum Gasteiger partial charge on any atom is 0.242 e. The predicted octanol–water partition coefficient (Wildman–Crippen LogP) is 6.26. The SMILES string of the molecule is CC(C)(C)c1cc(-c2ncc(C3CCN(C(=O)Cn4cnc5cnccc54)CC3)s2)cc(C(C)(C)C)c1O. The maximum absolute atomic E-state index is 13.0. The number of benzene rings is 1. The minimum absolute atomic E-state index is 0.123. The van der Waals surface area contributed by atoms with Gasteiger partial charge in [0.25, 0.3) is 0 Å². The number of carbonyl (C=O) groups is 1. The van der Waals surface area contributed by atoms with Crippen LogP contribution in [0, 0.1) is 0 Å². The minimum atomic E-state index is -0.181. The highest BCUT2D eigenvalue weighted by Gasteiger charge is 2.29. The number of nitrogens with zero attached hydrogens (tertiary/aromatic N) is 5. The third-order valence-electron chi connectivity index (χ3n) is 7.48. The first-order valence-corrected chi connectivity index (χ1v) is 14.1. The largest absolute Gasteiger partial charge is 0.507 e. The van der Waals surface area contributed by atoms with Crippen LogP contribution in [0.15, 0.2) is 43.1 Å². The van der Waals surface area contributed by atoms with Gasteiger partial charge in [-0.25, -0.2) is 9.97 Å². The summed E-state index contributed by atoms with van der Waals surface area (Å²) < 4.78 is 1.90. The second-order valence-electron chi connectivity index (χ2n) is 12.4. The third-order valence-corrected chi connectivity index (χ3v) is 8.68. The van der Waals surface area contributed by atoms with Crippen LogP contribution in [-0.4, -0.2) is 48.5 Å². The number of likely N-dealkylation sites (tertiary alicyclic amines) is 1. The molecule has 0 bridgehead atoms. The van der Waals surface area contributed by atoms with E-state index in [-0.39, 0.29) is 16.7 Å². The summed E-state index contributed by atoms with van der Waals surface area (Å²) in [6.45, 7) is 14.6. The molecule has 0 unspecified atom stereocenters. The Labute approximate surface area is 228 Å². The fourth-order valence-corrected chi connectivity index (χ4v) is 6.28. The Balaban J connectivity index is 1.29. The molecule has 3 aromatic heterocycles. The molecule has 1 aromatic carbocycles. The lowest BCUT2D eigenvalue weighted by Gasteiger charge is -2.31. The summed E-state index contributed by atoms with van der Waals surface area (Å²) >= 11 is 1.74. The van der Waals surface area contributed by atoms with Crippen molar-refractivity contribution in [1.82, 2.24) is 24.4 Å². The van der Waals surface area contributed by atoms with Crippen LogP contribution in [0.2, 0.25) is 0 Å². The van der Waals surface area contributed by atoms with Crippen LogP contribution in [-0.2, 0) is 22.2 Å². The molecule has 0 saturated carbocycles. The topological polar surface area (TPSA) is 84.1 Å². The first-order valence-electron chi connectivity index (χ1n) is 13.3. The number of phenolic OH excluding ortho intramolecular Hbond substituents is 1. The van der Waals surface area contributed by atoms with Crippen LogP contribution in [0.4, 0.5) is 0 Å². The van der Waals surface area contributed by atoms with E-state index in [1.807, 2.05) is 21.7 Å². The Morgan fingerprint density at radius 1 is 1.03 bits per heavy atom. The molecule has 7 nitrogen and oxygen atoms in total. The summed E-state index contributed by atoms with van der Waals surface area (Å²) in [5.74, 6) is 0.910. The van der Waals surface area contributed by atoms with E-state index in [1.165, 1.54) is 4.88 Å². The molecule has 5 rings (SSSR count). The van der Waals surface area contributed by atoms with Crippen molar-refractivity contribution in [2.45, 2.75) is 77.7 Å². The Hall–Kier alpha value is -3.26. The number of imidazole rings is 1. The molecule has 0 atom stereocenters. The van der Waals surface area contributed by atoms with Gasteiger partial charge in [0, 0.05) is 47.1 Å². The zero-order valence-corrected chi connectivity index (χ0v) is 24.0. The van der Waals surface area contributed by atoms with Gasteiger partial charge in [-0.15, -0.1) is 11.3 Å². The van der Waals surface area contributed by atoms with E-state index >= 15 is 0 Å². The van der Waals surface area contributed by atoms with Crippen molar-refractivity contribution >= 4 is 28.3 Å². The van der Waals surface area contributed by atoms with Gasteiger partial charge < -0.3 is 14.6 Å². The van der Waals surface area contributed by atoms with Gasteiger partial charge in [-0.1, -0.05) is 41.5 Å². The molecule has 4 aromatic rings. The highest BCUT2D eigenvalue weighted by atomic mass is 32.1. The van der Waals surface area contributed by atoms with Gasteiger partial charge in [-0.05, 0) is 47.8 Å². The van der Waals surface area contributed by atoms with E-state index in [4.69, 9.17) is 4.98 Å². The number of pyridine rings is 1. The van der Waals surface area contributed by atoms with Crippen LogP contribution in [0.25, 0.3) is 21.6 Å². The fraction of sp³-hybridized carbons (Fsp3) is 0.467. The molecule has 1 aliphatic rings. The maximum atomic E-state index is 13.0. The molecule has 1 aliphatic heterocycles. The third kappa shape index (κ3) is 5.19. The molecule has 1 N–H and O–H groups in total. The van der Waals surface area contributed by atoms with Crippen molar-refractivity contribution in [1.29, 1.82) is 0 Å². The number of phenols is 1. The van der Waals surface area contributed by atoms with E-state index in [0.29, 0.717) is 18.2 Å². The Morgan fingerprint density at radius 2 is 1.68 bits per heavy atom. The van der Waals surface area contributed by atoms with E-state index in [2.05, 4.69) is 63.6 Å². The van der Waals surface area contributed by atoms with E-state index in [1.54, 1.807) is 30.1 Å². The summed E-state index contributed by atoms with van der Waals surface area (Å²) in [7, 11) is 0. The zero-order chi connectivity index (χ0) is 27.2. The molecular weight excluding hydrogens is 494 g/mol. The molecule has 1 saturated heterocycles. The number of rotatable bonds is 4. The molecule has 4 heterocycles. The zero-order valence-electron chi connectivity index (χ0n) is 23.2. The quantitative estimate of drug-likeness (QED) is 0.336. The molecule has 38 heavy (non-hydrogen) atoms. The van der Waals surface area contributed by atoms with Crippen molar-refractivity contribution in [3.8, 4) is 16.3 Å². The van der Waals surface area contributed by atoms with Crippen LogP contribution < -0.4 is 0 Å². The first kappa shape index (κ1) is 26.4. The fourth-order valence-electron chi connectivity index (χ4n) is 5.21. The summed E-state index contributed by atoms with van der Waals surface area (Å²) in [5.41, 5.74) is 4.33. The number of amides is 1. The van der Waals surface area contributed by atoms with E-state index in [9.17, 15) is 9.90 Å². The molecule has 0 aliphatic carbocycles. The normalized spacial score (nSPS) is 15.4. The standard InChI is InChI=1S/C30H37N5O2S/c1-29(2,3)21-13-20(14-22(27(21)37)30(4,5)6)28-32-16-25(38-28)19-8-11-34(12-9-19)26(36)17-35-18-33-23-15-31-10-7-24(23)35/h7,10,13-16,18-19,37H,8-9,11-12,17H2,1-6H3. The average molecular weight is 532 g/mol. The van der Waals surface area contributed by atoms with Crippen molar-refractivity contribution in [3.05, 3.63) is 59.1 Å². The number of carbonyl (C=O) groups excluding carboxylic acids is 1. The number of aromatic hydroxyl groups is 1. The van der Waals surface area contributed by atoms with Gasteiger partial charge in [0.1, 0.15) is 22.8 Å². The van der Waals surface area contributed by atoms with Gasteiger partial charge in [-0.3, -0.25) is 9.78 Å². The van der Waals surface area contributed by atoms with Crippen LogP contribution in [0.5, 0.6) is 5.75 Å². The summed E-state index contributed by atoms with van der Waals surface area (Å²) in [4.78, 5) is 29.5. The van der Waals surface area contributed by atoms with Crippen molar-refractivity contribution < 1.29 is 9.90 Å². The lowest BCUT2D eigenvalue weighted by Crippen LogP contribution is -2.39. The first-order chi connectivity index (χ1) is 17.9. The number of fused-ring (bicyclic) bond motifs is 1. The van der Waals surface area contributed by atoms with E-state index < -0.39 is 0 Å². The van der Waals surface area contributed by atoms with Crippen LogP contribution >= 0.6 is 11.3 Å². The second-order valence-corrected chi connectivity index (χ2v) is 13.4. The minimum Gasteiger partial charge on any atom is -0.507 e. The van der Waals surface area contributed by atoms with Gasteiger partial charge in [0.2, 0.25) is 5.91 Å². The molecule has 1 fully saturated rings. The lowest BCUT2D eigenvalue weighted by molar-refractivity contribution is -0.132. The summed E-state index contributed by atoms with van der Waals surface area (Å²) in [6, 6.07) is 6.10. The lowest BCUT2D eigenvalue weighted by atomic mass is 9.78. The summed E-state index contributed by atoms with van der Waals surface area (Å²) in [5, 5.41) is 12.1. The van der Waals surface area contributed by atoms with Crippen molar-refractivity contribution in [3.63, 3.8) is 0 Å². The highest BCUT2D eigenvalue weighted by Crippen LogP contribution is 2.43. The van der Waals surface area contributed by atoms with Crippen LogP contribution in [0.3, 0.4) is 0 Å². The number of aromatic nitrogens is 4. The van der Waals surface area contributed by atoms with Crippen molar-refractivity contribution in [2.24, 2.45) is 0 Å². The predicted molar refractivity (Wildman–Crippen MR) is 153 cm³/mol. The van der Waals surface area contributed by atoms with E-state index in [0.717, 1.165) is 58.7 Å².